The van der Waals surface area contributed by atoms with E-state index in [4.69, 9.17) is 0 Å². The van der Waals surface area contributed by atoms with E-state index >= 15 is 0 Å². The lowest BCUT2D eigenvalue weighted by molar-refractivity contribution is 0.526. The van der Waals surface area contributed by atoms with Crippen LogP contribution in [-0.2, 0) is 0 Å². The summed E-state index contributed by atoms with van der Waals surface area (Å²) in [5.41, 5.74) is 0. The van der Waals surface area contributed by atoms with Gasteiger partial charge >= 0.3 is 0 Å². The molecule has 0 aliphatic carbocycles. The van der Waals surface area contributed by atoms with Crippen molar-refractivity contribution in [2.45, 2.75) is 154 Å². The fraction of sp³-hybridized carbons (Fsp3) is 1.00. The molecule has 0 heterocycles. The van der Waals surface area contributed by atoms with Gasteiger partial charge < -0.3 is 0 Å². The molecule has 0 radical (unpaired) electrons. The fourth-order valence-corrected chi connectivity index (χ4v) is 4.32. The van der Waals surface area contributed by atoms with E-state index in [9.17, 15) is 0 Å². The number of alkyl halides is 1. The van der Waals surface area contributed by atoms with Gasteiger partial charge in [-0.1, -0.05) is 152 Å². The molecule has 0 saturated carbocycles. The molecule has 0 rings (SSSR count). The maximum Gasteiger partial charge on any atom is 0.0145 e. The van der Waals surface area contributed by atoms with Gasteiger partial charge in [-0.05, 0) is 12.8 Å². The van der Waals surface area contributed by atoms with Crippen LogP contribution in [0.4, 0.5) is 0 Å². The van der Waals surface area contributed by atoms with Crippen LogP contribution in [-0.4, -0.2) is 4.83 Å². The first-order valence-corrected chi connectivity index (χ1v) is 12.9. The Kier molecular flexibility index (Phi) is 23.0. The molecule has 152 valence electrons. The van der Waals surface area contributed by atoms with Gasteiger partial charge in [0.15, 0.2) is 0 Å². The molecule has 1 heteroatoms. The Morgan fingerprint density at radius 2 is 0.640 bits per heavy atom. The average Bonchev–Trinajstić information content (AvgIpc) is 2.62. The highest BCUT2D eigenvalue weighted by Crippen LogP contribution is 2.19. The van der Waals surface area contributed by atoms with E-state index in [0.717, 1.165) is 4.83 Å². The Morgan fingerprint density at radius 3 is 0.920 bits per heavy atom. The molecule has 1 unspecified atom stereocenters. The normalized spacial score (nSPS) is 12.6. The molecule has 0 nitrogen and oxygen atoms in total. The molecular weight excluding hydrogens is 368 g/mol. The third kappa shape index (κ3) is 22.4. The highest BCUT2D eigenvalue weighted by molar-refractivity contribution is 9.09. The Labute approximate surface area is 169 Å². The lowest BCUT2D eigenvalue weighted by Gasteiger charge is -2.09. The summed E-state index contributed by atoms with van der Waals surface area (Å²) in [6, 6.07) is 0. The second-order valence-corrected chi connectivity index (χ2v) is 9.48. The predicted octanol–water partition coefficient (Wildman–Crippen LogP) is 9.98. The van der Waals surface area contributed by atoms with Gasteiger partial charge in [0, 0.05) is 4.83 Å². The third-order valence-corrected chi connectivity index (χ3v) is 6.41. The molecular formula is C24H49Br. The van der Waals surface area contributed by atoms with E-state index < -0.39 is 0 Å². The van der Waals surface area contributed by atoms with Crippen molar-refractivity contribution in [3.63, 3.8) is 0 Å². The van der Waals surface area contributed by atoms with Gasteiger partial charge in [0.05, 0.1) is 0 Å². The zero-order valence-electron chi connectivity index (χ0n) is 17.8. The quantitative estimate of drug-likeness (QED) is 0.129. The van der Waals surface area contributed by atoms with Crippen molar-refractivity contribution in [2.24, 2.45) is 0 Å². The lowest BCUT2D eigenvalue weighted by atomic mass is 10.0. The molecule has 0 aliphatic rings. The van der Waals surface area contributed by atoms with Gasteiger partial charge in [-0.2, -0.15) is 0 Å². The topological polar surface area (TPSA) is 0 Å². The standard InChI is InChI=1S/C24H49Br/c1-3-5-7-9-11-12-13-14-15-16-17-19-21-23-24(25)22-20-18-10-8-6-4-2/h24H,3-23H2,1-2H3. The minimum atomic E-state index is 0.784. The number of halogens is 1. The van der Waals surface area contributed by atoms with Crippen molar-refractivity contribution in [3.05, 3.63) is 0 Å². The van der Waals surface area contributed by atoms with E-state index in [-0.39, 0.29) is 0 Å². The second kappa shape index (κ2) is 22.5. The number of rotatable bonds is 21. The highest BCUT2D eigenvalue weighted by atomic mass is 79.9. The van der Waals surface area contributed by atoms with Crippen LogP contribution in [0.1, 0.15) is 149 Å². The molecule has 0 amide bonds. The van der Waals surface area contributed by atoms with Gasteiger partial charge in [-0.3, -0.25) is 0 Å². The summed E-state index contributed by atoms with van der Waals surface area (Å²) in [5, 5.41) is 0. The smallest absolute Gasteiger partial charge is 0.0145 e. The van der Waals surface area contributed by atoms with Crippen LogP contribution >= 0.6 is 15.9 Å². The summed E-state index contributed by atoms with van der Waals surface area (Å²) in [5.74, 6) is 0. The minimum absolute atomic E-state index is 0.784. The lowest BCUT2D eigenvalue weighted by Crippen LogP contribution is -1.97. The number of hydrogen-bond acceptors (Lipinski definition) is 0. The van der Waals surface area contributed by atoms with Gasteiger partial charge in [0.2, 0.25) is 0 Å². The maximum absolute atomic E-state index is 3.89. The van der Waals surface area contributed by atoms with Crippen LogP contribution in [0, 0.1) is 0 Å². The van der Waals surface area contributed by atoms with Crippen molar-refractivity contribution in [2.75, 3.05) is 0 Å². The Balaban J connectivity index is 3.09. The van der Waals surface area contributed by atoms with Crippen LogP contribution in [0.2, 0.25) is 0 Å². The zero-order chi connectivity index (χ0) is 18.4. The SMILES string of the molecule is CCCCCCCCCCCCCCCC(Br)CCCCCCCC. The molecule has 0 aromatic rings. The first-order chi connectivity index (χ1) is 12.3. The molecule has 0 bridgehead atoms. The summed E-state index contributed by atoms with van der Waals surface area (Å²) >= 11 is 3.89. The summed E-state index contributed by atoms with van der Waals surface area (Å²) in [7, 11) is 0. The maximum atomic E-state index is 3.89. The van der Waals surface area contributed by atoms with E-state index in [2.05, 4.69) is 29.8 Å². The van der Waals surface area contributed by atoms with Crippen molar-refractivity contribution in [3.8, 4) is 0 Å². The summed E-state index contributed by atoms with van der Waals surface area (Å²) in [6.45, 7) is 4.60. The number of hydrogen-bond donors (Lipinski definition) is 0. The first kappa shape index (κ1) is 25.5. The molecule has 25 heavy (non-hydrogen) atoms. The molecule has 0 spiro atoms. The third-order valence-electron chi connectivity index (χ3n) is 5.49. The van der Waals surface area contributed by atoms with E-state index in [1.807, 2.05) is 0 Å². The summed E-state index contributed by atoms with van der Waals surface area (Å²) < 4.78 is 0. The van der Waals surface area contributed by atoms with Gasteiger partial charge in [-0.15, -0.1) is 0 Å². The van der Waals surface area contributed by atoms with Gasteiger partial charge in [0.25, 0.3) is 0 Å². The predicted molar refractivity (Wildman–Crippen MR) is 121 cm³/mol. The van der Waals surface area contributed by atoms with Crippen LogP contribution in [0.3, 0.4) is 0 Å². The molecule has 0 aromatic heterocycles. The number of unbranched alkanes of at least 4 members (excludes halogenated alkanes) is 17. The molecule has 0 aliphatic heterocycles. The largest absolute Gasteiger partial charge is 0.0891 e. The van der Waals surface area contributed by atoms with Crippen LogP contribution in [0.25, 0.3) is 0 Å². The minimum Gasteiger partial charge on any atom is -0.0891 e. The Morgan fingerprint density at radius 1 is 0.400 bits per heavy atom. The fourth-order valence-electron chi connectivity index (χ4n) is 3.67. The summed E-state index contributed by atoms with van der Waals surface area (Å²) in [6.07, 6.45) is 30.3. The van der Waals surface area contributed by atoms with Gasteiger partial charge in [-0.25, -0.2) is 0 Å². The van der Waals surface area contributed by atoms with Crippen molar-refractivity contribution >= 4 is 15.9 Å². The highest BCUT2D eigenvalue weighted by Gasteiger charge is 2.03. The van der Waals surface area contributed by atoms with Gasteiger partial charge in [0.1, 0.15) is 0 Å². The average molecular weight is 418 g/mol. The van der Waals surface area contributed by atoms with Crippen molar-refractivity contribution in [1.82, 2.24) is 0 Å². The first-order valence-electron chi connectivity index (χ1n) is 11.9. The van der Waals surface area contributed by atoms with Crippen molar-refractivity contribution < 1.29 is 0 Å². The van der Waals surface area contributed by atoms with Crippen LogP contribution in [0.5, 0.6) is 0 Å². The molecule has 0 aromatic carbocycles. The molecule has 0 saturated heterocycles. The monoisotopic (exact) mass is 416 g/mol. The van der Waals surface area contributed by atoms with E-state index in [1.54, 1.807) is 0 Å². The molecule has 1 atom stereocenters. The second-order valence-electron chi connectivity index (χ2n) is 8.19. The summed E-state index contributed by atoms with van der Waals surface area (Å²) in [4.78, 5) is 0.784. The van der Waals surface area contributed by atoms with Crippen LogP contribution < -0.4 is 0 Å². The zero-order valence-corrected chi connectivity index (χ0v) is 19.4. The van der Waals surface area contributed by atoms with Crippen molar-refractivity contribution in [1.29, 1.82) is 0 Å². The van der Waals surface area contributed by atoms with E-state index in [1.165, 1.54) is 135 Å². The van der Waals surface area contributed by atoms with Crippen LogP contribution in [0.15, 0.2) is 0 Å². The Bertz CT molecular complexity index is 226. The molecule has 0 N–H and O–H groups in total. The molecule has 0 fully saturated rings. The Hall–Kier alpha value is 0.480. The van der Waals surface area contributed by atoms with E-state index in [0.29, 0.717) is 0 Å².